The maximum absolute atomic E-state index is 15.6. The molecule has 9 rings (SSSR count). The van der Waals surface area contributed by atoms with Gasteiger partial charge in [-0.05, 0) is 109 Å². The number of halogens is 2. The van der Waals surface area contributed by atoms with Crippen LogP contribution in [0.3, 0.4) is 0 Å². The number of hydrazine groups is 1. The largest absolute Gasteiger partial charge is 0.502 e. The van der Waals surface area contributed by atoms with Crippen molar-refractivity contribution in [3.63, 3.8) is 0 Å². The predicted molar refractivity (Wildman–Crippen MR) is 230 cm³/mol. The van der Waals surface area contributed by atoms with Crippen molar-refractivity contribution < 1.29 is 38.5 Å². The van der Waals surface area contributed by atoms with Gasteiger partial charge in [-0.3, -0.25) is 29.5 Å². The number of imide groups is 2. The molecule has 5 aromatic carbocycles. The van der Waals surface area contributed by atoms with Crippen LogP contribution in [0.15, 0.2) is 121 Å². The first-order valence-corrected chi connectivity index (χ1v) is 20.4. The number of hydrogen-bond acceptors (Lipinski definition) is 10. The fourth-order valence-electron chi connectivity index (χ4n) is 9.94. The molecule has 61 heavy (non-hydrogen) atoms. The molecule has 310 valence electrons. The van der Waals surface area contributed by atoms with Gasteiger partial charge in [0.15, 0.2) is 11.5 Å². The minimum atomic E-state index is -1.63. The number of benzene rings is 5. The van der Waals surface area contributed by atoms with Gasteiger partial charge in [0.2, 0.25) is 17.6 Å². The first kappa shape index (κ1) is 39.9. The van der Waals surface area contributed by atoms with Gasteiger partial charge < -0.3 is 24.6 Å². The maximum Gasteiger partial charge on any atom is 0.260 e. The van der Waals surface area contributed by atoms with E-state index in [1.54, 1.807) is 60.7 Å². The second kappa shape index (κ2) is 15.5. The summed E-state index contributed by atoms with van der Waals surface area (Å²) in [7, 11) is 4.34. The van der Waals surface area contributed by atoms with Crippen molar-refractivity contribution >= 4 is 69.6 Å². The van der Waals surface area contributed by atoms with Gasteiger partial charge in [0.1, 0.15) is 5.75 Å². The summed E-state index contributed by atoms with van der Waals surface area (Å²) in [6.45, 7) is 0. The Labute approximate surface area is 361 Å². The molecular formula is C47H40Cl2N4O8. The molecule has 0 aromatic heterocycles. The Morgan fingerprint density at radius 1 is 0.738 bits per heavy atom. The molecule has 3 N–H and O–H groups in total. The standard InChI is InChI=1S/C47H40Cl2N4O8/c1-59-31-16-9-26(10-17-31)47-35(44(56)53(46(47)58)51-37-20-11-27(48)23-36(37)49)24-34-32(41(47)25-21-38(60-2)42(54)39(22-25)61-3)18-19-33-40(34)45(57)52(43(33)55)30-14-12-29(13-15-30)50-28-7-5-4-6-8-28/h4-18,20-23,33-35,40-41,50-51,54H,19,24H2,1-3H3/t33-,34+,35-,40-,41-,47+/m0/s1. The van der Waals surface area contributed by atoms with Crippen LogP contribution in [0, 0.1) is 23.7 Å². The minimum absolute atomic E-state index is 0.0613. The predicted octanol–water partition coefficient (Wildman–Crippen LogP) is 8.66. The number of anilines is 4. The minimum Gasteiger partial charge on any atom is -0.502 e. The SMILES string of the molecule is COc1ccc([C@@]23C(=O)N(Nc4ccc(Cl)cc4Cl)C(=O)[C@@H]2C[C@@H]2C(=CC[C@@H]4C(=O)N(c5ccc(Nc6ccccc6)cc5)C(=O)[C@@H]42)[C@@H]3c2cc(OC)c(O)c(OC)c2)cc1. The smallest absolute Gasteiger partial charge is 0.260 e. The number of nitrogens with zero attached hydrogens (tertiary/aromatic N) is 2. The van der Waals surface area contributed by atoms with Crippen molar-refractivity contribution in [3.05, 3.63) is 142 Å². The number of phenolic OH excluding ortho intramolecular Hbond substituents is 1. The summed E-state index contributed by atoms with van der Waals surface area (Å²) in [5, 5.41) is 16.0. The zero-order chi connectivity index (χ0) is 42.7. The van der Waals surface area contributed by atoms with Crippen LogP contribution in [0.25, 0.3) is 0 Å². The number of ether oxygens (including phenoxy) is 3. The molecule has 5 aromatic rings. The molecule has 4 amide bonds. The van der Waals surface area contributed by atoms with Gasteiger partial charge >= 0.3 is 0 Å². The van der Waals surface area contributed by atoms with E-state index < -0.39 is 46.8 Å². The van der Waals surface area contributed by atoms with Crippen molar-refractivity contribution in [3.8, 4) is 23.0 Å². The highest BCUT2D eigenvalue weighted by molar-refractivity contribution is 6.36. The van der Waals surface area contributed by atoms with Gasteiger partial charge in [-0.15, -0.1) is 0 Å². The van der Waals surface area contributed by atoms with E-state index in [0.29, 0.717) is 33.2 Å². The highest BCUT2D eigenvalue weighted by Gasteiger charge is 2.70. The number of methoxy groups -OCH3 is 3. The average Bonchev–Trinajstić information content (AvgIpc) is 3.65. The van der Waals surface area contributed by atoms with E-state index in [0.717, 1.165) is 16.4 Å². The molecule has 0 spiro atoms. The Hall–Kier alpha value is -6.50. The molecular weight excluding hydrogens is 819 g/mol. The first-order chi connectivity index (χ1) is 29.5. The van der Waals surface area contributed by atoms with Crippen molar-refractivity contribution in [1.29, 1.82) is 0 Å². The second-order valence-electron chi connectivity index (χ2n) is 15.5. The molecule has 3 fully saturated rings. The van der Waals surface area contributed by atoms with E-state index in [1.807, 2.05) is 48.5 Å². The van der Waals surface area contributed by atoms with Crippen LogP contribution < -0.4 is 29.9 Å². The van der Waals surface area contributed by atoms with Crippen molar-refractivity contribution in [2.45, 2.75) is 24.2 Å². The van der Waals surface area contributed by atoms with Gasteiger partial charge in [-0.2, -0.15) is 5.01 Å². The number of allylic oxidation sites excluding steroid dienone is 2. The molecule has 1 saturated carbocycles. The number of para-hydroxylation sites is 1. The number of phenols is 1. The van der Waals surface area contributed by atoms with Gasteiger partial charge in [0.05, 0.1) is 60.9 Å². The van der Waals surface area contributed by atoms with Crippen LogP contribution in [-0.2, 0) is 24.6 Å². The lowest BCUT2D eigenvalue weighted by atomic mass is 9.49. The van der Waals surface area contributed by atoms with Crippen molar-refractivity contribution in [1.82, 2.24) is 5.01 Å². The van der Waals surface area contributed by atoms with Gasteiger partial charge in [-0.1, -0.05) is 65.2 Å². The summed E-state index contributed by atoms with van der Waals surface area (Å²) in [5.41, 5.74) is 5.45. The number of fused-ring (bicyclic) bond motifs is 4. The van der Waals surface area contributed by atoms with Crippen LogP contribution in [0.2, 0.25) is 10.0 Å². The Morgan fingerprint density at radius 2 is 1.41 bits per heavy atom. The van der Waals surface area contributed by atoms with Crippen molar-refractivity contribution in [2.75, 3.05) is 37.0 Å². The molecule has 2 heterocycles. The normalized spacial score (nSPS) is 24.1. The molecule has 14 heteroatoms. The molecule has 12 nitrogen and oxygen atoms in total. The molecule has 2 aliphatic heterocycles. The summed E-state index contributed by atoms with van der Waals surface area (Å²) in [6.07, 6.45) is 2.23. The van der Waals surface area contributed by atoms with E-state index in [2.05, 4.69) is 10.7 Å². The quantitative estimate of drug-likeness (QED) is 0.0922. The summed E-state index contributed by atoms with van der Waals surface area (Å²) in [6, 6.07) is 31.7. The third-order valence-corrected chi connectivity index (χ3v) is 13.2. The van der Waals surface area contributed by atoms with Crippen molar-refractivity contribution in [2.24, 2.45) is 23.7 Å². The third-order valence-electron chi connectivity index (χ3n) is 12.6. The number of amides is 4. The first-order valence-electron chi connectivity index (χ1n) is 19.7. The fraction of sp³-hybridized carbons (Fsp3) is 0.234. The van der Waals surface area contributed by atoms with Gasteiger partial charge in [0.25, 0.3) is 11.8 Å². The number of aromatic hydroxyl groups is 1. The van der Waals surface area contributed by atoms with Crippen LogP contribution >= 0.6 is 23.2 Å². The zero-order valence-corrected chi connectivity index (χ0v) is 34.7. The molecule has 0 unspecified atom stereocenters. The second-order valence-corrected chi connectivity index (χ2v) is 16.4. The van der Waals surface area contributed by atoms with E-state index in [-0.39, 0.29) is 52.6 Å². The Morgan fingerprint density at radius 3 is 2.05 bits per heavy atom. The van der Waals surface area contributed by atoms with E-state index in [9.17, 15) is 14.7 Å². The Bertz CT molecular complexity index is 2600. The molecule has 2 aliphatic carbocycles. The van der Waals surface area contributed by atoms with Gasteiger partial charge in [0, 0.05) is 22.3 Å². The lowest BCUT2D eigenvalue weighted by Gasteiger charge is -2.50. The lowest BCUT2D eigenvalue weighted by molar-refractivity contribution is -0.138. The summed E-state index contributed by atoms with van der Waals surface area (Å²) < 4.78 is 16.8. The number of carbonyl (C=O) groups is 4. The number of hydrogen-bond donors (Lipinski definition) is 3. The molecule has 4 aliphatic rings. The monoisotopic (exact) mass is 858 g/mol. The number of rotatable bonds is 10. The summed E-state index contributed by atoms with van der Waals surface area (Å²) in [5.74, 6) is -5.60. The maximum atomic E-state index is 15.6. The number of carbonyl (C=O) groups excluding carboxylic acids is 4. The highest BCUT2D eigenvalue weighted by Crippen LogP contribution is 2.65. The zero-order valence-electron chi connectivity index (χ0n) is 33.2. The molecule has 6 atom stereocenters. The molecule has 0 radical (unpaired) electrons. The molecule has 0 bridgehead atoms. The van der Waals surface area contributed by atoms with Crippen LogP contribution in [0.4, 0.5) is 22.7 Å². The van der Waals surface area contributed by atoms with E-state index in [4.69, 9.17) is 37.4 Å². The lowest BCUT2D eigenvalue weighted by Crippen LogP contribution is -2.53. The van der Waals surface area contributed by atoms with Crippen LogP contribution in [0.5, 0.6) is 23.0 Å². The van der Waals surface area contributed by atoms with Crippen LogP contribution in [0.1, 0.15) is 29.9 Å². The summed E-state index contributed by atoms with van der Waals surface area (Å²) >= 11 is 12.8. The number of nitrogens with one attached hydrogen (secondary N) is 2. The van der Waals surface area contributed by atoms with Crippen LogP contribution in [-0.4, -0.2) is 55.1 Å². The van der Waals surface area contributed by atoms with Gasteiger partial charge in [-0.25, -0.2) is 0 Å². The topological polar surface area (TPSA) is 147 Å². The fourth-order valence-corrected chi connectivity index (χ4v) is 10.4. The van der Waals surface area contributed by atoms with E-state index in [1.165, 1.54) is 32.3 Å². The molecule has 2 saturated heterocycles. The highest BCUT2D eigenvalue weighted by atomic mass is 35.5. The Balaban J connectivity index is 1.19. The average molecular weight is 860 g/mol. The third kappa shape index (κ3) is 6.35. The van der Waals surface area contributed by atoms with E-state index >= 15 is 9.59 Å². The summed E-state index contributed by atoms with van der Waals surface area (Å²) in [4.78, 5) is 61.3. The Kier molecular flexibility index (Phi) is 10.2.